The first kappa shape index (κ1) is 7.57. The van der Waals surface area contributed by atoms with Crippen molar-refractivity contribution in [2.24, 2.45) is 0 Å². The van der Waals surface area contributed by atoms with Crippen LogP contribution in [0.4, 0.5) is 5.69 Å². The van der Waals surface area contributed by atoms with Gasteiger partial charge in [-0.3, -0.25) is 4.79 Å². The van der Waals surface area contributed by atoms with Gasteiger partial charge in [0, 0.05) is 12.3 Å². The number of rotatable bonds is 1. The van der Waals surface area contributed by atoms with Crippen LogP contribution in [0.15, 0.2) is 11.4 Å². The van der Waals surface area contributed by atoms with Gasteiger partial charge in [0.15, 0.2) is 0 Å². The minimum Gasteiger partial charge on any atom is -0.326 e. The number of nitrogens with one attached hydrogen (secondary N) is 1. The average Bonchev–Trinajstić information content (AvgIpc) is 2.13. The lowest BCUT2D eigenvalue weighted by Crippen LogP contribution is -2.03. The molecule has 1 amide bonds. The van der Waals surface area contributed by atoms with Gasteiger partial charge in [0.25, 0.3) is 0 Å². The van der Waals surface area contributed by atoms with Crippen molar-refractivity contribution in [1.82, 2.24) is 0 Å². The number of halogens is 1. The van der Waals surface area contributed by atoms with Gasteiger partial charge in [-0.25, -0.2) is 0 Å². The van der Waals surface area contributed by atoms with Crippen molar-refractivity contribution in [2.45, 2.75) is 6.92 Å². The van der Waals surface area contributed by atoms with E-state index in [4.69, 9.17) is 11.6 Å². The highest BCUT2D eigenvalue weighted by atomic mass is 35.5. The molecule has 0 unspecified atom stereocenters. The molecule has 0 aromatic carbocycles. The van der Waals surface area contributed by atoms with Crippen molar-refractivity contribution in [3.05, 3.63) is 15.8 Å². The molecule has 0 bridgehead atoms. The molecule has 0 saturated heterocycles. The normalized spacial score (nSPS) is 9.40. The smallest absolute Gasteiger partial charge is 0.221 e. The lowest BCUT2D eigenvalue weighted by molar-refractivity contribution is -0.114. The first-order valence-electron chi connectivity index (χ1n) is 2.70. The summed E-state index contributed by atoms with van der Waals surface area (Å²) < 4.78 is 0.684. The van der Waals surface area contributed by atoms with Gasteiger partial charge in [-0.1, -0.05) is 11.6 Å². The van der Waals surface area contributed by atoms with E-state index >= 15 is 0 Å². The lowest BCUT2D eigenvalue weighted by Gasteiger charge is -1.93. The van der Waals surface area contributed by atoms with Crippen LogP contribution in [0.2, 0.25) is 4.34 Å². The third kappa shape index (κ3) is 2.01. The maximum atomic E-state index is 10.5. The highest BCUT2D eigenvalue weighted by molar-refractivity contribution is 7.14. The molecule has 1 rings (SSSR count). The van der Waals surface area contributed by atoms with E-state index in [1.165, 1.54) is 18.3 Å². The Morgan fingerprint density at radius 2 is 2.50 bits per heavy atom. The molecule has 0 aliphatic heterocycles. The number of anilines is 1. The van der Waals surface area contributed by atoms with E-state index in [2.05, 4.69) is 5.32 Å². The molecular weight excluding hydrogens is 170 g/mol. The summed E-state index contributed by atoms with van der Waals surface area (Å²) in [7, 11) is 0. The first-order valence-corrected chi connectivity index (χ1v) is 3.96. The zero-order valence-corrected chi connectivity index (χ0v) is 6.92. The molecule has 0 atom stereocenters. The van der Waals surface area contributed by atoms with Crippen LogP contribution in [0.1, 0.15) is 6.92 Å². The van der Waals surface area contributed by atoms with Gasteiger partial charge in [-0.05, 0) is 6.07 Å². The summed E-state index contributed by atoms with van der Waals surface area (Å²) in [6.07, 6.45) is 0. The highest BCUT2D eigenvalue weighted by Gasteiger charge is 1.97. The third-order valence-corrected chi connectivity index (χ3v) is 1.98. The topological polar surface area (TPSA) is 29.1 Å². The molecule has 0 spiro atoms. The third-order valence-electron chi connectivity index (χ3n) is 0.888. The second kappa shape index (κ2) is 3.03. The van der Waals surface area contributed by atoms with Crippen LogP contribution in [0.25, 0.3) is 0 Å². The summed E-state index contributed by atoms with van der Waals surface area (Å²) in [6.45, 7) is 1.46. The molecule has 0 aliphatic rings. The molecule has 4 heteroatoms. The monoisotopic (exact) mass is 175 g/mol. The van der Waals surface area contributed by atoms with Crippen molar-refractivity contribution in [3.63, 3.8) is 0 Å². The second-order valence-electron chi connectivity index (χ2n) is 1.82. The van der Waals surface area contributed by atoms with Gasteiger partial charge >= 0.3 is 0 Å². The van der Waals surface area contributed by atoms with Gasteiger partial charge in [0.1, 0.15) is 0 Å². The minimum absolute atomic E-state index is 0.0746. The van der Waals surface area contributed by atoms with E-state index in [1.54, 1.807) is 11.4 Å². The van der Waals surface area contributed by atoms with Crippen molar-refractivity contribution in [1.29, 1.82) is 0 Å². The summed E-state index contributed by atoms with van der Waals surface area (Å²) in [5.41, 5.74) is 0.766. The van der Waals surface area contributed by atoms with Crippen LogP contribution < -0.4 is 5.32 Å². The first-order chi connectivity index (χ1) is 4.68. The Morgan fingerprint density at radius 3 is 2.90 bits per heavy atom. The fourth-order valence-corrected chi connectivity index (χ4v) is 1.39. The van der Waals surface area contributed by atoms with Gasteiger partial charge < -0.3 is 5.32 Å². The van der Waals surface area contributed by atoms with Crippen LogP contribution in [-0.2, 0) is 4.79 Å². The summed E-state index contributed by atoms with van der Waals surface area (Å²) in [4.78, 5) is 10.5. The number of carbonyl (C=O) groups excluding carboxylic acids is 1. The molecule has 0 fully saturated rings. The molecular formula is C6H6ClNOS. The largest absolute Gasteiger partial charge is 0.326 e. The van der Waals surface area contributed by atoms with E-state index in [1.807, 2.05) is 0 Å². The van der Waals surface area contributed by atoms with Crippen molar-refractivity contribution in [3.8, 4) is 0 Å². The lowest BCUT2D eigenvalue weighted by atomic mass is 10.5. The van der Waals surface area contributed by atoms with Crippen LogP contribution in [0.5, 0.6) is 0 Å². The van der Waals surface area contributed by atoms with Gasteiger partial charge in [-0.2, -0.15) is 0 Å². The molecule has 1 heterocycles. The molecule has 0 radical (unpaired) electrons. The fourth-order valence-electron chi connectivity index (χ4n) is 0.579. The highest BCUT2D eigenvalue weighted by Crippen LogP contribution is 2.23. The number of hydrogen-bond acceptors (Lipinski definition) is 2. The SMILES string of the molecule is CC(=O)Nc1csc(Cl)c1. The van der Waals surface area contributed by atoms with E-state index in [-0.39, 0.29) is 5.91 Å². The zero-order valence-electron chi connectivity index (χ0n) is 5.35. The van der Waals surface area contributed by atoms with E-state index in [0.29, 0.717) is 4.34 Å². The summed E-state index contributed by atoms with van der Waals surface area (Å²) in [6, 6.07) is 1.72. The Bertz CT molecular complexity index is 246. The standard InChI is InChI=1S/C6H6ClNOS/c1-4(9)8-5-2-6(7)10-3-5/h2-3H,1H3,(H,8,9). The number of thiophene rings is 1. The molecule has 0 aliphatic carbocycles. The quantitative estimate of drug-likeness (QED) is 0.698. The van der Waals surface area contributed by atoms with Crippen LogP contribution in [-0.4, -0.2) is 5.91 Å². The molecule has 2 nitrogen and oxygen atoms in total. The minimum atomic E-state index is -0.0746. The van der Waals surface area contributed by atoms with E-state index in [0.717, 1.165) is 5.69 Å². The Balaban J connectivity index is 2.67. The van der Waals surface area contributed by atoms with Crippen molar-refractivity contribution in [2.75, 3.05) is 5.32 Å². The van der Waals surface area contributed by atoms with Crippen molar-refractivity contribution < 1.29 is 4.79 Å². The molecule has 54 valence electrons. The Labute approximate surface area is 67.8 Å². The fraction of sp³-hybridized carbons (Fsp3) is 0.167. The number of hydrogen-bond donors (Lipinski definition) is 1. The van der Waals surface area contributed by atoms with Crippen LogP contribution >= 0.6 is 22.9 Å². The van der Waals surface area contributed by atoms with E-state index in [9.17, 15) is 4.79 Å². The molecule has 10 heavy (non-hydrogen) atoms. The number of amides is 1. The molecule has 1 N–H and O–H groups in total. The summed E-state index contributed by atoms with van der Waals surface area (Å²) in [5.74, 6) is -0.0746. The predicted molar refractivity (Wildman–Crippen MR) is 43.6 cm³/mol. The van der Waals surface area contributed by atoms with Gasteiger partial charge in [0.05, 0.1) is 10.0 Å². The van der Waals surface area contributed by atoms with E-state index < -0.39 is 0 Å². The zero-order chi connectivity index (χ0) is 7.56. The maximum absolute atomic E-state index is 10.5. The molecule has 1 aromatic heterocycles. The maximum Gasteiger partial charge on any atom is 0.221 e. The summed E-state index contributed by atoms with van der Waals surface area (Å²) in [5, 5.41) is 4.41. The average molecular weight is 176 g/mol. The Hall–Kier alpha value is -0.540. The predicted octanol–water partition coefficient (Wildman–Crippen LogP) is 2.36. The molecule has 0 saturated carbocycles. The second-order valence-corrected chi connectivity index (χ2v) is 3.36. The van der Waals surface area contributed by atoms with Crippen LogP contribution in [0, 0.1) is 0 Å². The van der Waals surface area contributed by atoms with Crippen molar-refractivity contribution >= 4 is 34.5 Å². The number of carbonyl (C=O) groups is 1. The molecule has 1 aromatic rings. The van der Waals surface area contributed by atoms with Gasteiger partial charge in [0.2, 0.25) is 5.91 Å². The Kier molecular flexibility index (Phi) is 2.29. The Morgan fingerprint density at radius 1 is 1.80 bits per heavy atom. The van der Waals surface area contributed by atoms with Crippen LogP contribution in [0.3, 0.4) is 0 Å². The van der Waals surface area contributed by atoms with Gasteiger partial charge in [-0.15, -0.1) is 11.3 Å². The summed E-state index contributed by atoms with van der Waals surface area (Å²) >= 11 is 7.01.